The summed E-state index contributed by atoms with van der Waals surface area (Å²) in [5.74, 6) is 3.44. The smallest absolute Gasteiger partial charge is 0.191 e. The van der Waals surface area contributed by atoms with E-state index in [4.69, 9.17) is 4.74 Å². The van der Waals surface area contributed by atoms with E-state index in [0.29, 0.717) is 18.2 Å². The van der Waals surface area contributed by atoms with Crippen LogP contribution in [0.2, 0.25) is 0 Å². The number of aliphatic imine (C=N–C) groups is 1. The molecule has 2 heterocycles. The van der Waals surface area contributed by atoms with E-state index in [1.807, 2.05) is 18.5 Å². The fourth-order valence-electron chi connectivity index (χ4n) is 3.21. The van der Waals surface area contributed by atoms with E-state index in [9.17, 15) is 4.39 Å². The first-order chi connectivity index (χ1) is 13.9. The van der Waals surface area contributed by atoms with Crippen LogP contribution in [0.5, 0.6) is 5.75 Å². The Morgan fingerprint density at radius 2 is 2.07 bits per heavy atom. The largest absolute Gasteiger partial charge is 0.489 e. The zero-order valence-corrected chi connectivity index (χ0v) is 17.7. The highest BCUT2D eigenvalue weighted by atomic mass is 19.1. The number of nitrogens with zero attached hydrogens (tertiary/aromatic N) is 4. The van der Waals surface area contributed by atoms with E-state index in [1.165, 1.54) is 12.1 Å². The fourth-order valence-corrected chi connectivity index (χ4v) is 3.21. The van der Waals surface area contributed by atoms with Crippen molar-refractivity contribution >= 4 is 5.96 Å². The Balaban J connectivity index is 1.56. The molecular formula is C21H31FN6O. The van der Waals surface area contributed by atoms with Gasteiger partial charge in [-0.1, -0.05) is 13.8 Å². The summed E-state index contributed by atoms with van der Waals surface area (Å²) >= 11 is 0. The van der Waals surface area contributed by atoms with Gasteiger partial charge in [0, 0.05) is 24.9 Å². The van der Waals surface area contributed by atoms with Gasteiger partial charge in [-0.2, -0.15) is 5.10 Å². The van der Waals surface area contributed by atoms with Gasteiger partial charge >= 0.3 is 0 Å². The summed E-state index contributed by atoms with van der Waals surface area (Å²) in [6, 6.07) is 6.28. The van der Waals surface area contributed by atoms with Crippen LogP contribution in [0.25, 0.3) is 0 Å². The van der Waals surface area contributed by atoms with E-state index < -0.39 is 0 Å². The van der Waals surface area contributed by atoms with Crippen molar-refractivity contribution in [1.29, 1.82) is 0 Å². The number of guanidine groups is 1. The Labute approximate surface area is 171 Å². The SMILES string of the molecule is CCNC(=NCC(C)Oc1ccc(F)cc1)NC1CCc2nc(C(C)C)nn2C1. The molecule has 0 fully saturated rings. The van der Waals surface area contributed by atoms with Gasteiger partial charge in [-0.05, 0) is 44.5 Å². The van der Waals surface area contributed by atoms with Crippen LogP contribution < -0.4 is 15.4 Å². The minimum absolute atomic E-state index is 0.127. The molecule has 29 heavy (non-hydrogen) atoms. The molecule has 7 nitrogen and oxygen atoms in total. The Bertz CT molecular complexity index is 817. The molecule has 1 aromatic heterocycles. The quantitative estimate of drug-likeness (QED) is 0.550. The summed E-state index contributed by atoms with van der Waals surface area (Å²) in [7, 11) is 0. The van der Waals surface area contributed by atoms with Crippen molar-refractivity contribution in [1.82, 2.24) is 25.4 Å². The van der Waals surface area contributed by atoms with Gasteiger partial charge < -0.3 is 15.4 Å². The van der Waals surface area contributed by atoms with Gasteiger partial charge in [-0.3, -0.25) is 0 Å². The number of hydrogen-bond acceptors (Lipinski definition) is 4. The van der Waals surface area contributed by atoms with Gasteiger partial charge in [0.15, 0.2) is 11.8 Å². The second kappa shape index (κ2) is 9.71. The third kappa shape index (κ3) is 5.92. The van der Waals surface area contributed by atoms with E-state index in [0.717, 1.165) is 43.5 Å². The van der Waals surface area contributed by atoms with Crippen molar-refractivity contribution in [3.8, 4) is 5.75 Å². The van der Waals surface area contributed by atoms with Crippen LogP contribution in [0.15, 0.2) is 29.3 Å². The summed E-state index contributed by atoms with van der Waals surface area (Å²) in [5, 5.41) is 11.4. The maximum atomic E-state index is 13.0. The zero-order valence-electron chi connectivity index (χ0n) is 17.7. The number of nitrogens with one attached hydrogen (secondary N) is 2. The molecule has 2 atom stereocenters. The molecule has 0 aliphatic carbocycles. The molecule has 0 amide bonds. The lowest BCUT2D eigenvalue weighted by Gasteiger charge is -2.25. The van der Waals surface area contributed by atoms with Crippen LogP contribution in [0.1, 0.15) is 51.7 Å². The van der Waals surface area contributed by atoms with E-state index >= 15 is 0 Å². The number of ether oxygens (including phenoxy) is 1. The van der Waals surface area contributed by atoms with Crippen LogP contribution in [-0.4, -0.2) is 46.0 Å². The predicted molar refractivity (Wildman–Crippen MR) is 112 cm³/mol. The van der Waals surface area contributed by atoms with Crippen molar-refractivity contribution in [2.75, 3.05) is 13.1 Å². The number of fused-ring (bicyclic) bond motifs is 1. The first-order valence-corrected chi connectivity index (χ1v) is 10.3. The van der Waals surface area contributed by atoms with Gasteiger partial charge in [-0.25, -0.2) is 19.0 Å². The van der Waals surface area contributed by atoms with Gasteiger partial charge in [0.1, 0.15) is 23.5 Å². The topological polar surface area (TPSA) is 76.4 Å². The Morgan fingerprint density at radius 1 is 1.31 bits per heavy atom. The predicted octanol–water partition coefficient (Wildman–Crippen LogP) is 2.88. The lowest BCUT2D eigenvalue weighted by molar-refractivity contribution is 0.230. The van der Waals surface area contributed by atoms with Crippen molar-refractivity contribution in [2.45, 2.75) is 65.1 Å². The number of aryl methyl sites for hydroxylation is 1. The second-order valence-corrected chi connectivity index (χ2v) is 7.70. The monoisotopic (exact) mass is 402 g/mol. The molecule has 2 N–H and O–H groups in total. The summed E-state index contributed by atoms with van der Waals surface area (Å²) in [6.07, 6.45) is 1.76. The minimum Gasteiger partial charge on any atom is -0.489 e. The third-order valence-electron chi connectivity index (χ3n) is 4.73. The van der Waals surface area contributed by atoms with Gasteiger partial charge in [0.25, 0.3) is 0 Å². The van der Waals surface area contributed by atoms with Gasteiger partial charge in [-0.15, -0.1) is 0 Å². The van der Waals surface area contributed by atoms with Crippen LogP contribution in [0.3, 0.4) is 0 Å². The second-order valence-electron chi connectivity index (χ2n) is 7.70. The van der Waals surface area contributed by atoms with Gasteiger partial charge in [0.05, 0.1) is 13.1 Å². The Hall–Kier alpha value is -2.64. The molecule has 8 heteroatoms. The lowest BCUT2D eigenvalue weighted by Crippen LogP contribution is -2.47. The highest BCUT2D eigenvalue weighted by molar-refractivity contribution is 5.80. The maximum absolute atomic E-state index is 13.0. The lowest BCUT2D eigenvalue weighted by atomic mass is 10.1. The zero-order chi connectivity index (χ0) is 20.8. The molecule has 0 saturated carbocycles. The van der Waals surface area contributed by atoms with Crippen molar-refractivity contribution in [3.05, 3.63) is 41.7 Å². The highest BCUT2D eigenvalue weighted by Crippen LogP contribution is 2.17. The number of benzene rings is 1. The first kappa shape index (κ1) is 21.1. The van der Waals surface area contributed by atoms with Crippen molar-refractivity contribution < 1.29 is 9.13 Å². The molecule has 158 valence electrons. The summed E-state index contributed by atoms with van der Waals surface area (Å²) in [6.45, 7) is 10.3. The molecule has 2 unspecified atom stereocenters. The van der Waals surface area contributed by atoms with Crippen LogP contribution in [0, 0.1) is 5.82 Å². The Morgan fingerprint density at radius 3 is 2.76 bits per heavy atom. The summed E-state index contributed by atoms with van der Waals surface area (Å²) < 4.78 is 20.8. The third-order valence-corrected chi connectivity index (χ3v) is 4.73. The summed E-state index contributed by atoms with van der Waals surface area (Å²) in [4.78, 5) is 9.30. The Kier molecular flexibility index (Phi) is 7.06. The molecular weight excluding hydrogens is 371 g/mol. The fraction of sp³-hybridized carbons (Fsp3) is 0.571. The van der Waals surface area contributed by atoms with E-state index in [-0.39, 0.29) is 18.0 Å². The molecule has 0 bridgehead atoms. The van der Waals surface area contributed by atoms with Crippen LogP contribution >= 0.6 is 0 Å². The number of rotatable bonds is 7. The highest BCUT2D eigenvalue weighted by Gasteiger charge is 2.23. The standard InChI is InChI=1S/C21H31FN6O/c1-5-23-21(24-12-15(4)29-18-9-6-16(22)7-10-18)25-17-8-11-19-26-20(14(2)3)27-28(19)13-17/h6-7,9-10,14-15,17H,5,8,11-13H2,1-4H3,(H2,23,24,25). The number of hydrogen-bond donors (Lipinski definition) is 2. The molecule has 3 rings (SSSR count). The molecule has 0 spiro atoms. The average Bonchev–Trinajstić information content (AvgIpc) is 3.12. The van der Waals surface area contributed by atoms with Gasteiger partial charge in [0.2, 0.25) is 0 Å². The number of halogens is 1. The van der Waals surface area contributed by atoms with Crippen LogP contribution in [-0.2, 0) is 13.0 Å². The van der Waals surface area contributed by atoms with Crippen LogP contribution in [0.4, 0.5) is 4.39 Å². The molecule has 1 aliphatic rings. The molecule has 2 aromatic rings. The molecule has 0 saturated heterocycles. The molecule has 1 aliphatic heterocycles. The van der Waals surface area contributed by atoms with Crippen molar-refractivity contribution in [2.24, 2.45) is 4.99 Å². The minimum atomic E-state index is -0.273. The molecule has 1 aromatic carbocycles. The number of aromatic nitrogens is 3. The van der Waals surface area contributed by atoms with Crippen molar-refractivity contribution in [3.63, 3.8) is 0 Å². The van der Waals surface area contributed by atoms with E-state index in [2.05, 4.69) is 39.6 Å². The summed E-state index contributed by atoms with van der Waals surface area (Å²) in [5.41, 5.74) is 0. The normalized spacial score (nSPS) is 17.7. The first-order valence-electron chi connectivity index (χ1n) is 10.3. The average molecular weight is 403 g/mol. The maximum Gasteiger partial charge on any atom is 0.191 e. The molecule has 0 radical (unpaired) electrons. The van der Waals surface area contributed by atoms with E-state index in [1.54, 1.807) is 12.1 Å².